The number of aromatic amines is 2. The molecule has 0 bridgehead atoms. The lowest BCUT2D eigenvalue weighted by molar-refractivity contribution is 1.09. The Bertz CT molecular complexity index is 557. The maximum atomic E-state index is 4.23. The Morgan fingerprint density at radius 2 is 2.29 bits per heavy atom. The quantitative estimate of drug-likeness (QED) is 0.607. The summed E-state index contributed by atoms with van der Waals surface area (Å²) in [6, 6.07) is 1.96. The molecule has 0 amide bonds. The van der Waals surface area contributed by atoms with E-state index in [0.29, 0.717) is 0 Å². The van der Waals surface area contributed by atoms with Gasteiger partial charge < -0.3 is 4.98 Å². The monoisotopic (exact) mass is 187 g/mol. The third-order valence-electron chi connectivity index (χ3n) is 2.13. The van der Waals surface area contributed by atoms with Gasteiger partial charge in [-0.05, 0) is 6.07 Å². The number of hydrogen-bond donors (Lipinski definition) is 2. The Labute approximate surface area is 80.7 Å². The van der Waals surface area contributed by atoms with Gasteiger partial charge in [0.25, 0.3) is 0 Å². The highest BCUT2D eigenvalue weighted by atomic mass is 15.1. The van der Waals surface area contributed by atoms with E-state index in [9.17, 15) is 0 Å². The van der Waals surface area contributed by atoms with Gasteiger partial charge in [0, 0.05) is 24.8 Å². The summed E-state index contributed by atoms with van der Waals surface area (Å²) in [6.07, 6.45) is 6.95. The van der Waals surface area contributed by atoms with Crippen molar-refractivity contribution in [1.29, 1.82) is 0 Å². The number of nitrogens with zero attached hydrogens (tertiary/aromatic N) is 3. The molecule has 0 aliphatic carbocycles. The summed E-state index contributed by atoms with van der Waals surface area (Å²) < 4.78 is 0. The normalized spacial score (nSPS) is 10.9. The average molecular weight is 187 g/mol. The molecule has 0 spiro atoms. The topological polar surface area (TPSA) is 70.2 Å². The van der Waals surface area contributed by atoms with Crippen molar-refractivity contribution in [2.75, 3.05) is 0 Å². The second-order valence-electron chi connectivity index (χ2n) is 2.95. The van der Waals surface area contributed by atoms with Crippen LogP contribution in [0.15, 0.2) is 31.0 Å². The van der Waals surface area contributed by atoms with Crippen LogP contribution in [0.2, 0.25) is 0 Å². The molecule has 0 aliphatic heterocycles. The van der Waals surface area contributed by atoms with Gasteiger partial charge in [0.15, 0.2) is 0 Å². The van der Waals surface area contributed by atoms with Gasteiger partial charge >= 0.3 is 0 Å². The Morgan fingerprint density at radius 3 is 3.14 bits per heavy atom. The SMILES string of the molecule is [HH].c1nc(-c2cn[nH]c2)c2cc[nH]c2n1. The van der Waals surface area contributed by atoms with Crippen molar-refractivity contribution >= 4 is 11.0 Å². The highest BCUT2D eigenvalue weighted by Gasteiger charge is 2.06. The third kappa shape index (κ3) is 0.922. The van der Waals surface area contributed by atoms with Crippen molar-refractivity contribution in [3.63, 3.8) is 0 Å². The van der Waals surface area contributed by atoms with Crippen molar-refractivity contribution in [1.82, 2.24) is 25.1 Å². The summed E-state index contributed by atoms with van der Waals surface area (Å²) in [6.45, 7) is 0. The first-order valence-corrected chi connectivity index (χ1v) is 4.22. The Hall–Kier alpha value is -2.17. The molecule has 0 fully saturated rings. The molecule has 5 nitrogen and oxygen atoms in total. The van der Waals surface area contributed by atoms with Crippen LogP contribution in [-0.4, -0.2) is 25.1 Å². The molecular weight excluding hydrogens is 178 g/mol. The van der Waals surface area contributed by atoms with Crippen molar-refractivity contribution in [2.45, 2.75) is 0 Å². The number of nitrogens with one attached hydrogen (secondary N) is 2. The summed E-state index contributed by atoms with van der Waals surface area (Å²) in [5.41, 5.74) is 2.71. The minimum atomic E-state index is 0. The zero-order valence-electron chi connectivity index (χ0n) is 7.23. The molecule has 5 heteroatoms. The highest BCUT2D eigenvalue weighted by Crippen LogP contribution is 2.22. The van der Waals surface area contributed by atoms with Crippen molar-refractivity contribution in [3.8, 4) is 11.3 Å². The Morgan fingerprint density at radius 1 is 1.29 bits per heavy atom. The van der Waals surface area contributed by atoms with E-state index in [1.807, 2.05) is 18.5 Å². The fourth-order valence-corrected chi connectivity index (χ4v) is 1.48. The number of hydrogen-bond acceptors (Lipinski definition) is 3. The summed E-state index contributed by atoms with van der Waals surface area (Å²) in [5.74, 6) is 0. The first-order valence-electron chi connectivity index (χ1n) is 4.22. The third-order valence-corrected chi connectivity index (χ3v) is 2.13. The van der Waals surface area contributed by atoms with E-state index in [0.717, 1.165) is 22.3 Å². The Balaban J connectivity index is 0.000000853. The fraction of sp³-hybridized carbons (Fsp3) is 0. The van der Waals surface area contributed by atoms with Gasteiger partial charge in [-0.15, -0.1) is 0 Å². The van der Waals surface area contributed by atoms with Crippen LogP contribution in [-0.2, 0) is 0 Å². The van der Waals surface area contributed by atoms with Gasteiger partial charge in [-0.2, -0.15) is 5.10 Å². The minimum Gasteiger partial charge on any atom is -0.346 e. The van der Waals surface area contributed by atoms with Gasteiger partial charge in [-0.25, -0.2) is 9.97 Å². The smallest absolute Gasteiger partial charge is 0.141 e. The van der Waals surface area contributed by atoms with E-state index >= 15 is 0 Å². The van der Waals surface area contributed by atoms with Crippen LogP contribution < -0.4 is 0 Å². The molecule has 2 N–H and O–H groups in total. The lowest BCUT2D eigenvalue weighted by atomic mass is 10.2. The fourth-order valence-electron chi connectivity index (χ4n) is 1.48. The molecule has 0 aromatic carbocycles. The van der Waals surface area contributed by atoms with E-state index in [1.165, 1.54) is 0 Å². The first-order chi connectivity index (χ1) is 6.95. The summed E-state index contributed by atoms with van der Waals surface area (Å²) in [4.78, 5) is 11.4. The van der Waals surface area contributed by atoms with Gasteiger partial charge in [0.2, 0.25) is 0 Å². The second-order valence-corrected chi connectivity index (χ2v) is 2.95. The molecule has 0 aliphatic rings. The lowest BCUT2D eigenvalue weighted by Crippen LogP contribution is -1.85. The molecule has 3 aromatic heterocycles. The van der Waals surface area contributed by atoms with Gasteiger partial charge in [-0.1, -0.05) is 0 Å². The molecule has 14 heavy (non-hydrogen) atoms. The lowest BCUT2D eigenvalue weighted by Gasteiger charge is -1.96. The molecule has 3 rings (SSSR count). The van der Waals surface area contributed by atoms with Gasteiger partial charge in [-0.3, -0.25) is 5.10 Å². The highest BCUT2D eigenvalue weighted by molar-refractivity contribution is 5.89. The average Bonchev–Trinajstić information content (AvgIpc) is 2.88. The predicted octanol–water partition coefficient (Wildman–Crippen LogP) is 1.59. The van der Waals surface area contributed by atoms with Crippen molar-refractivity contribution in [2.24, 2.45) is 0 Å². The minimum absolute atomic E-state index is 0. The Kier molecular flexibility index (Phi) is 1.38. The van der Waals surface area contributed by atoms with Crippen molar-refractivity contribution in [3.05, 3.63) is 31.0 Å². The van der Waals surface area contributed by atoms with Gasteiger partial charge in [0.1, 0.15) is 12.0 Å². The second kappa shape index (κ2) is 2.66. The van der Waals surface area contributed by atoms with Crippen LogP contribution in [0.3, 0.4) is 0 Å². The largest absolute Gasteiger partial charge is 0.346 e. The van der Waals surface area contributed by atoms with Crippen LogP contribution in [0.1, 0.15) is 1.43 Å². The van der Waals surface area contributed by atoms with E-state index in [4.69, 9.17) is 0 Å². The van der Waals surface area contributed by atoms with Crippen LogP contribution >= 0.6 is 0 Å². The first kappa shape index (κ1) is 7.25. The molecule has 0 unspecified atom stereocenters. The van der Waals surface area contributed by atoms with E-state index in [-0.39, 0.29) is 1.43 Å². The maximum absolute atomic E-state index is 4.23. The number of H-pyrrole nitrogens is 2. The summed E-state index contributed by atoms with van der Waals surface area (Å²) in [7, 11) is 0. The predicted molar refractivity (Wildman–Crippen MR) is 53.6 cm³/mol. The molecular formula is C9H9N5. The molecule has 3 aromatic rings. The zero-order chi connectivity index (χ0) is 9.38. The summed E-state index contributed by atoms with van der Waals surface area (Å²) >= 11 is 0. The maximum Gasteiger partial charge on any atom is 0.141 e. The molecule has 0 atom stereocenters. The van der Waals surface area contributed by atoms with Crippen LogP contribution in [0.25, 0.3) is 22.3 Å². The van der Waals surface area contributed by atoms with Crippen LogP contribution in [0.5, 0.6) is 0 Å². The number of rotatable bonds is 1. The van der Waals surface area contributed by atoms with E-state index < -0.39 is 0 Å². The molecule has 0 radical (unpaired) electrons. The molecule has 0 saturated carbocycles. The van der Waals surface area contributed by atoms with E-state index in [2.05, 4.69) is 25.1 Å². The number of aromatic nitrogens is 5. The van der Waals surface area contributed by atoms with Crippen LogP contribution in [0.4, 0.5) is 0 Å². The van der Waals surface area contributed by atoms with Crippen molar-refractivity contribution < 1.29 is 1.43 Å². The zero-order valence-corrected chi connectivity index (χ0v) is 7.23. The van der Waals surface area contributed by atoms with Crippen LogP contribution in [0, 0.1) is 0 Å². The standard InChI is InChI=1S/C9H7N5.H2/c1-2-10-9-7(1)8(11-5-12-9)6-3-13-14-4-6;/h1-5H,(H,13,14)(H,10,11,12);1H. The van der Waals surface area contributed by atoms with E-state index in [1.54, 1.807) is 12.5 Å². The molecule has 0 saturated heterocycles. The number of fused-ring (bicyclic) bond motifs is 1. The molecule has 3 heterocycles. The summed E-state index contributed by atoms with van der Waals surface area (Å²) in [5, 5.41) is 7.67. The van der Waals surface area contributed by atoms with Gasteiger partial charge in [0.05, 0.1) is 11.9 Å². The molecule has 70 valence electrons.